The fraction of sp³-hybridized carbons (Fsp3) is 0.500. The van der Waals surface area contributed by atoms with E-state index in [1.54, 1.807) is 7.11 Å². The second-order valence-corrected chi connectivity index (χ2v) is 6.46. The largest absolute Gasteiger partial charge is 0.495 e. The first-order valence-corrected chi connectivity index (χ1v) is 8.67. The summed E-state index contributed by atoms with van der Waals surface area (Å²) in [5.74, 6) is 2.39. The third kappa shape index (κ3) is 4.17. The molecule has 0 saturated carbocycles. The lowest BCUT2D eigenvalue weighted by atomic mass is 10.1. The van der Waals surface area contributed by atoms with Gasteiger partial charge in [0.25, 0.3) is 0 Å². The zero-order chi connectivity index (χ0) is 17.8. The number of benzene rings is 1. The van der Waals surface area contributed by atoms with Crippen LogP contribution in [0.25, 0.3) is 0 Å². The average molecular weight is 343 g/mol. The van der Waals surface area contributed by atoms with E-state index in [1.807, 2.05) is 42.8 Å². The Morgan fingerprint density at radius 3 is 3.04 bits per heavy atom. The van der Waals surface area contributed by atoms with E-state index in [2.05, 4.69) is 20.7 Å². The molecule has 1 aromatic carbocycles. The minimum atomic E-state index is -0.0436. The molecule has 2 atom stereocenters. The van der Waals surface area contributed by atoms with Gasteiger partial charge in [-0.2, -0.15) is 5.10 Å². The highest BCUT2D eigenvalue weighted by atomic mass is 16.5. The number of carbonyl (C=O) groups excluding carboxylic acids is 1. The van der Waals surface area contributed by atoms with Gasteiger partial charge in [0, 0.05) is 19.0 Å². The molecule has 0 bridgehead atoms. The fourth-order valence-electron chi connectivity index (χ4n) is 3.26. The van der Waals surface area contributed by atoms with Crippen LogP contribution in [0.2, 0.25) is 0 Å². The van der Waals surface area contributed by atoms with Gasteiger partial charge in [0.05, 0.1) is 18.8 Å². The first kappa shape index (κ1) is 17.4. The van der Waals surface area contributed by atoms with Gasteiger partial charge in [0.1, 0.15) is 17.4 Å². The summed E-state index contributed by atoms with van der Waals surface area (Å²) in [5, 5.41) is 10.9. The molecule has 3 rings (SSSR count). The molecular formula is C18H25N5O2. The van der Waals surface area contributed by atoms with Crippen molar-refractivity contribution in [2.24, 2.45) is 0 Å². The summed E-state index contributed by atoms with van der Waals surface area (Å²) in [7, 11) is 1.59. The van der Waals surface area contributed by atoms with Crippen molar-refractivity contribution < 1.29 is 9.53 Å². The van der Waals surface area contributed by atoms with Gasteiger partial charge in [0.2, 0.25) is 5.91 Å². The lowest BCUT2D eigenvalue weighted by Gasteiger charge is -2.26. The maximum absolute atomic E-state index is 12.3. The Kier molecular flexibility index (Phi) is 5.33. The number of hydrogen-bond donors (Lipinski definition) is 2. The number of nitrogens with zero attached hydrogens (tertiary/aromatic N) is 3. The molecule has 2 aromatic rings. The molecule has 2 heterocycles. The molecule has 0 unspecified atom stereocenters. The number of anilines is 1. The van der Waals surface area contributed by atoms with E-state index in [0.29, 0.717) is 17.9 Å². The van der Waals surface area contributed by atoms with Crippen LogP contribution in [0.15, 0.2) is 24.3 Å². The Balaban J connectivity index is 1.57. The van der Waals surface area contributed by atoms with Crippen LogP contribution in [0.3, 0.4) is 0 Å². The van der Waals surface area contributed by atoms with Crippen molar-refractivity contribution >= 4 is 11.6 Å². The number of aromatic nitrogens is 3. The SMILES string of the molecule is COc1ccccc1NC(=O)C[C@H](C)N[C@H]1CCCn2nc(C)nc21. The number of amides is 1. The predicted molar refractivity (Wildman–Crippen MR) is 95.6 cm³/mol. The first-order chi connectivity index (χ1) is 12.1. The quantitative estimate of drug-likeness (QED) is 0.842. The summed E-state index contributed by atoms with van der Waals surface area (Å²) in [6.07, 6.45) is 2.45. The van der Waals surface area contributed by atoms with Crippen molar-refractivity contribution in [2.45, 2.75) is 51.7 Å². The monoisotopic (exact) mass is 343 g/mol. The number of ether oxygens (including phenoxy) is 1. The van der Waals surface area contributed by atoms with Crippen LogP contribution in [-0.4, -0.2) is 33.8 Å². The second-order valence-electron chi connectivity index (χ2n) is 6.46. The summed E-state index contributed by atoms with van der Waals surface area (Å²) < 4.78 is 7.24. The van der Waals surface area contributed by atoms with Crippen molar-refractivity contribution in [3.8, 4) is 5.75 Å². The van der Waals surface area contributed by atoms with Crippen LogP contribution in [0, 0.1) is 6.92 Å². The number of fused-ring (bicyclic) bond motifs is 1. The van der Waals surface area contributed by atoms with E-state index in [9.17, 15) is 4.79 Å². The smallest absolute Gasteiger partial charge is 0.226 e. The van der Waals surface area contributed by atoms with Gasteiger partial charge in [0.15, 0.2) is 0 Å². The zero-order valence-corrected chi connectivity index (χ0v) is 15.0. The molecule has 2 N–H and O–H groups in total. The van der Waals surface area contributed by atoms with Gasteiger partial charge >= 0.3 is 0 Å². The van der Waals surface area contributed by atoms with Crippen LogP contribution < -0.4 is 15.4 Å². The molecule has 0 aliphatic carbocycles. The number of nitrogens with one attached hydrogen (secondary N) is 2. The van der Waals surface area contributed by atoms with Crippen LogP contribution in [0.1, 0.15) is 43.9 Å². The highest BCUT2D eigenvalue weighted by Crippen LogP contribution is 2.25. The molecule has 1 aromatic heterocycles. The third-order valence-corrected chi connectivity index (χ3v) is 4.34. The molecule has 1 amide bonds. The van der Waals surface area contributed by atoms with E-state index >= 15 is 0 Å². The van der Waals surface area contributed by atoms with E-state index in [0.717, 1.165) is 31.0 Å². The van der Waals surface area contributed by atoms with E-state index in [-0.39, 0.29) is 18.0 Å². The Bertz CT molecular complexity index is 743. The predicted octanol–water partition coefficient (Wildman–Crippen LogP) is 2.44. The number of hydrogen-bond acceptors (Lipinski definition) is 5. The van der Waals surface area contributed by atoms with Crippen molar-refractivity contribution in [3.05, 3.63) is 35.9 Å². The van der Waals surface area contributed by atoms with Crippen molar-refractivity contribution in [1.82, 2.24) is 20.1 Å². The van der Waals surface area contributed by atoms with Gasteiger partial charge in [-0.3, -0.25) is 4.79 Å². The van der Waals surface area contributed by atoms with Gasteiger partial charge in [-0.15, -0.1) is 0 Å². The first-order valence-electron chi connectivity index (χ1n) is 8.67. The molecule has 0 fully saturated rings. The van der Waals surface area contributed by atoms with Gasteiger partial charge in [-0.1, -0.05) is 12.1 Å². The molecule has 1 aliphatic heterocycles. The highest BCUT2D eigenvalue weighted by molar-refractivity contribution is 5.92. The van der Waals surface area contributed by atoms with E-state index in [1.165, 1.54) is 0 Å². The summed E-state index contributed by atoms with van der Waals surface area (Å²) in [5.41, 5.74) is 0.690. The van der Waals surface area contributed by atoms with Gasteiger partial charge in [-0.05, 0) is 38.8 Å². The van der Waals surface area contributed by atoms with Crippen LogP contribution in [0.4, 0.5) is 5.69 Å². The maximum atomic E-state index is 12.3. The normalized spacial score (nSPS) is 17.6. The number of rotatable bonds is 6. The minimum absolute atomic E-state index is 0.0308. The summed E-state index contributed by atoms with van der Waals surface area (Å²) in [6.45, 7) is 4.84. The second kappa shape index (κ2) is 7.65. The Labute approximate surface area is 147 Å². The maximum Gasteiger partial charge on any atom is 0.226 e. The number of para-hydroxylation sites is 2. The topological polar surface area (TPSA) is 81.1 Å². The standard InChI is InChI=1S/C18H25N5O2/c1-12(11-17(24)21-14-7-4-5-9-16(14)25-3)19-15-8-6-10-23-18(15)20-13(2)22-23/h4-5,7,9,12,15,19H,6,8,10-11H2,1-3H3,(H,21,24)/t12-,15-/m0/s1. The molecule has 7 nitrogen and oxygen atoms in total. The highest BCUT2D eigenvalue weighted by Gasteiger charge is 2.25. The molecule has 25 heavy (non-hydrogen) atoms. The molecule has 0 saturated heterocycles. The Morgan fingerprint density at radius 2 is 2.24 bits per heavy atom. The number of carbonyl (C=O) groups is 1. The summed E-state index contributed by atoms with van der Waals surface area (Å²) in [6, 6.07) is 7.58. The Morgan fingerprint density at radius 1 is 1.44 bits per heavy atom. The zero-order valence-electron chi connectivity index (χ0n) is 15.0. The number of aryl methyl sites for hydroxylation is 2. The van der Waals surface area contributed by atoms with Gasteiger partial charge < -0.3 is 15.4 Å². The Hall–Kier alpha value is -2.41. The third-order valence-electron chi connectivity index (χ3n) is 4.34. The fourth-order valence-corrected chi connectivity index (χ4v) is 3.26. The molecule has 134 valence electrons. The minimum Gasteiger partial charge on any atom is -0.495 e. The lowest BCUT2D eigenvalue weighted by Crippen LogP contribution is -2.37. The van der Waals surface area contributed by atoms with E-state index in [4.69, 9.17) is 4.74 Å². The average Bonchev–Trinajstić information content (AvgIpc) is 2.96. The van der Waals surface area contributed by atoms with Crippen LogP contribution in [-0.2, 0) is 11.3 Å². The van der Waals surface area contributed by atoms with E-state index < -0.39 is 0 Å². The van der Waals surface area contributed by atoms with Crippen molar-refractivity contribution in [1.29, 1.82) is 0 Å². The molecule has 0 radical (unpaired) electrons. The van der Waals surface area contributed by atoms with Crippen LogP contribution in [0.5, 0.6) is 5.75 Å². The molecule has 0 spiro atoms. The molecule has 7 heteroatoms. The molecule has 1 aliphatic rings. The summed E-state index contributed by atoms with van der Waals surface area (Å²) in [4.78, 5) is 16.9. The van der Waals surface area contributed by atoms with Gasteiger partial charge in [-0.25, -0.2) is 9.67 Å². The van der Waals surface area contributed by atoms with Crippen molar-refractivity contribution in [3.63, 3.8) is 0 Å². The van der Waals surface area contributed by atoms with Crippen LogP contribution >= 0.6 is 0 Å². The lowest BCUT2D eigenvalue weighted by molar-refractivity contribution is -0.116. The summed E-state index contributed by atoms with van der Waals surface area (Å²) >= 11 is 0. The van der Waals surface area contributed by atoms with Crippen molar-refractivity contribution in [2.75, 3.05) is 12.4 Å². The molecular weight excluding hydrogens is 318 g/mol. The number of methoxy groups -OCH3 is 1.